The number of carbonyl (C=O) groups is 3. The summed E-state index contributed by atoms with van der Waals surface area (Å²) in [5.41, 5.74) is -2.65. The fourth-order valence-corrected chi connectivity index (χ4v) is 4.36. The zero-order valence-corrected chi connectivity index (χ0v) is 20.4. The smallest absolute Gasteiger partial charge is 0.462 e. The lowest BCUT2D eigenvalue weighted by Crippen LogP contribution is -2.45. The lowest BCUT2D eigenvalue weighted by Gasteiger charge is -2.30. The molecule has 3 rings (SSSR count). The molecule has 0 unspecified atom stereocenters. The van der Waals surface area contributed by atoms with E-state index in [-0.39, 0.29) is 24.7 Å². The molecule has 0 aliphatic carbocycles. The van der Waals surface area contributed by atoms with Gasteiger partial charge in [0.2, 0.25) is 11.8 Å². The summed E-state index contributed by atoms with van der Waals surface area (Å²) < 4.78 is 34.8. The molecule has 1 aliphatic heterocycles. The summed E-state index contributed by atoms with van der Waals surface area (Å²) in [5.74, 6) is -1.29. The first kappa shape index (κ1) is 26.4. The zero-order valence-electron chi connectivity index (χ0n) is 18.8. The summed E-state index contributed by atoms with van der Waals surface area (Å²) in [7, 11) is 0. The van der Waals surface area contributed by atoms with Crippen LogP contribution in [-0.2, 0) is 14.3 Å². The molecular formula is C23H22ClF2N3O5S. The van der Waals surface area contributed by atoms with E-state index in [9.17, 15) is 23.2 Å². The average Bonchev–Trinajstić information content (AvgIpc) is 2.80. The van der Waals surface area contributed by atoms with E-state index in [1.807, 2.05) is 0 Å². The standard InChI is InChI=1S/C23H22ClF2N3O5S/c1-3-29-19(30)13-18(20(31)27-15-7-5-14(6-8-15)21(32)33-4-2)35-22(29)28-16-9-11-17(12-10-16)34-23(24,25)26/h5-12,18H,3-4,13H2,1-2H3,(H,27,31)/t18-/m1/s1. The number of esters is 1. The Morgan fingerprint density at radius 1 is 1.17 bits per heavy atom. The number of carbonyl (C=O) groups excluding carboxylic acids is 3. The van der Waals surface area contributed by atoms with Gasteiger partial charge in [-0.25, -0.2) is 9.79 Å². The number of hydrogen-bond acceptors (Lipinski definition) is 7. The average molecular weight is 526 g/mol. The number of anilines is 1. The van der Waals surface area contributed by atoms with Crippen molar-refractivity contribution in [2.24, 2.45) is 4.99 Å². The molecule has 0 spiro atoms. The first-order valence-electron chi connectivity index (χ1n) is 10.6. The van der Waals surface area contributed by atoms with Crippen molar-refractivity contribution >= 4 is 57.7 Å². The van der Waals surface area contributed by atoms with Crippen molar-refractivity contribution in [3.05, 3.63) is 54.1 Å². The van der Waals surface area contributed by atoms with Crippen LogP contribution in [0.1, 0.15) is 30.6 Å². The molecule has 1 N–H and O–H groups in total. The highest BCUT2D eigenvalue weighted by atomic mass is 35.5. The molecule has 8 nitrogen and oxygen atoms in total. The molecule has 12 heteroatoms. The van der Waals surface area contributed by atoms with Crippen LogP contribution in [0.2, 0.25) is 0 Å². The van der Waals surface area contributed by atoms with Crippen LogP contribution in [-0.4, -0.2) is 51.8 Å². The Balaban J connectivity index is 1.72. The van der Waals surface area contributed by atoms with Crippen LogP contribution in [0.4, 0.5) is 20.2 Å². The normalized spacial score (nSPS) is 17.3. The van der Waals surface area contributed by atoms with Gasteiger partial charge < -0.3 is 14.8 Å². The van der Waals surface area contributed by atoms with E-state index in [0.717, 1.165) is 11.8 Å². The third-order valence-electron chi connectivity index (χ3n) is 4.71. The Morgan fingerprint density at radius 3 is 2.40 bits per heavy atom. The lowest BCUT2D eigenvalue weighted by atomic mass is 10.2. The fourth-order valence-electron chi connectivity index (χ4n) is 3.11. The highest BCUT2D eigenvalue weighted by Gasteiger charge is 2.35. The summed E-state index contributed by atoms with van der Waals surface area (Å²) >= 11 is 5.88. The second-order valence-corrected chi connectivity index (χ2v) is 8.78. The molecule has 0 radical (unpaired) electrons. The predicted octanol–water partition coefficient (Wildman–Crippen LogP) is 5.01. The van der Waals surface area contributed by atoms with E-state index < -0.39 is 22.7 Å². The molecule has 35 heavy (non-hydrogen) atoms. The van der Waals surface area contributed by atoms with Gasteiger partial charge in [0.05, 0.1) is 17.9 Å². The van der Waals surface area contributed by atoms with Gasteiger partial charge in [-0.1, -0.05) is 11.8 Å². The van der Waals surface area contributed by atoms with Gasteiger partial charge in [0, 0.05) is 30.3 Å². The maximum Gasteiger partial charge on any atom is 0.487 e. The van der Waals surface area contributed by atoms with Gasteiger partial charge in [0.25, 0.3) is 0 Å². The van der Waals surface area contributed by atoms with Gasteiger partial charge in [0.15, 0.2) is 5.17 Å². The van der Waals surface area contributed by atoms with Gasteiger partial charge in [0.1, 0.15) is 11.0 Å². The minimum atomic E-state index is -3.84. The number of amides is 2. The third kappa shape index (κ3) is 7.40. The van der Waals surface area contributed by atoms with Crippen molar-refractivity contribution in [1.82, 2.24) is 4.90 Å². The van der Waals surface area contributed by atoms with Gasteiger partial charge in [-0.2, -0.15) is 0 Å². The van der Waals surface area contributed by atoms with Crippen molar-refractivity contribution in [3.8, 4) is 5.75 Å². The summed E-state index contributed by atoms with van der Waals surface area (Å²) in [5, 5.41) is 2.30. The number of alkyl halides is 3. The number of nitrogens with one attached hydrogen (secondary N) is 1. The number of nitrogens with zero attached hydrogens (tertiary/aromatic N) is 2. The van der Waals surface area contributed by atoms with Crippen LogP contribution in [0.5, 0.6) is 5.75 Å². The molecule has 2 aromatic carbocycles. The molecule has 1 aliphatic rings. The first-order chi connectivity index (χ1) is 16.6. The number of thioether (sulfide) groups is 1. The molecule has 1 saturated heterocycles. The summed E-state index contributed by atoms with van der Waals surface area (Å²) in [6, 6.07) is 11.6. The number of ether oxygens (including phenoxy) is 2. The molecule has 1 fully saturated rings. The topological polar surface area (TPSA) is 97.3 Å². The maximum absolute atomic E-state index is 12.9. The minimum absolute atomic E-state index is 0.0259. The Bertz CT molecular complexity index is 1110. The van der Waals surface area contributed by atoms with Crippen molar-refractivity contribution < 1.29 is 32.6 Å². The van der Waals surface area contributed by atoms with Crippen molar-refractivity contribution in [3.63, 3.8) is 0 Å². The Labute approximate surface area is 209 Å². The van der Waals surface area contributed by atoms with Crippen molar-refractivity contribution in [2.45, 2.75) is 31.1 Å². The van der Waals surface area contributed by atoms with Crippen LogP contribution in [0.3, 0.4) is 0 Å². The molecular weight excluding hydrogens is 504 g/mol. The molecule has 2 aromatic rings. The summed E-state index contributed by atoms with van der Waals surface area (Å²) in [4.78, 5) is 43.2. The zero-order chi connectivity index (χ0) is 25.6. The largest absolute Gasteiger partial charge is 0.487 e. The highest BCUT2D eigenvalue weighted by Crippen LogP contribution is 2.31. The van der Waals surface area contributed by atoms with Gasteiger partial charge in [-0.05, 0) is 62.4 Å². The fraction of sp³-hybridized carbons (Fsp3) is 0.304. The Kier molecular flexibility index (Phi) is 8.68. The number of halogens is 3. The molecule has 186 valence electrons. The van der Waals surface area contributed by atoms with E-state index >= 15 is 0 Å². The van der Waals surface area contributed by atoms with Crippen LogP contribution < -0.4 is 10.1 Å². The molecule has 1 heterocycles. The Hall–Kier alpha value is -3.18. The number of amidine groups is 1. The minimum Gasteiger partial charge on any atom is -0.462 e. The highest BCUT2D eigenvalue weighted by molar-refractivity contribution is 8.15. The first-order valence-corrected chi connectivity index (χ1v) is 11.8. The second-order valence-electron chi connectivity index (χ2n) is 7.17. The number of benzene rings is 2. The van der Waals surface area contributed by atoms with Gasteiger partial charge in [-0.15, -0.1) is 8.78 Å². The van der Waals surface area contributed by atoms with Crippen LogP contribution >= 0.6 is 23.4 Å². The van der Waals surface area contributed by atoms with E-state index in [1.165, 1.54) is 41.3 Å². The van der Waals surface area contributed by atoms with E-state index in [4.69, 9.17) is 16.3 Å². The summed E-state index contributed by atoms with van der Waals surface area (Å²) in [6.45, 7) is 4.08. The molecule has 2 amide bonds. The maximum atomic E-state index is 12.9. The van der Waals surface area contributed by atoms with Crippen molar-refractivity contribution in [2.75, 3.05) is 18.5 Å². The monoisotopic (exact) mass is 525 g/mol. The lowest BCUT2D eigenvalue weighted by molar-refractivity contribution is -0.129. The molecule has 0 aromatic heterocycles. The number of rotatable bonds is 8. The quantitative estimate of drug-likeness (QED) is 0.384. The molecule has 0 saturated carbocycles. The van der Waals surface area contributed by atoms with E-state index in [0.29, 0.717) is 28.7 Å². The number of aliphatic imine (C=N–C) groups is 1. The molecule has 0 bridgehead atoms. The second kappa shape index (κ2) is 11.5. The summed E-state index contributed by atoms with van der Waals surface area (Å²) in [6.07, 6.45) is -0.0259. The van der Waals surface area contributed by atoms with Gasteiger partial charge in [-0.3, -0.25) is 14.5 Å². The Morgan fingerprint density at radius 2 is 1.83 bits per heavy atom. The third-order valence-corrected chi connectivity index (χ3v) is 5.97. The molecule has 1 atom stereocenters. The van der Waals surface area contributed by atoms with Crippen molar-refractivity contribution in [1.29, 1.82) is 0 Å². The SMILES string of the molecule is CCOC(=O)c1ccc(NC(=O)[C@H]2CC(=O)N(CC)C(=Nc3ccc(OC(F)(F)Cl)cc3)S2)cc1. The van der Waals surface area contributed by atoms with Crippen LogP contribution in [0, 0.1) is 0 Å². The predicted molar refractivity (Wildman–Crippen MR) is 129 cm³/mol. The van der Waals surface area contributed by atoms with E-state index in [1.54, 1.807) is 26.0 Å². The van der Waals surface area contributed by atoms with Crippen LogP contribution in [0.25, 0.3) is 0 Å². The number of hydrogen-bond donors (Lipinski definition) is 1. The van der Waals surface area contributed by atoms with Crippen LogP contribution in [0.15, 0.2) is 53.5 Å². The van der Waals surface area contributed by atoms with E-state index in [2.05, 4.69) is 15.0 Å². The van der Waals surface area contributed by atoms with Gasteiger partial charge >= 0.3 is 11.5 Å².